The third-order valence-corrected chi connectivity index (χ3v) is 2.81. The second-order valence-electron chi connectivity index (χ2n) is 4.37. The molecule has 1 N–H and O–H groups in total. The quantitative estimate of drug-likeness (QED) is 0.531. The van der Waals surface area contributed by atoms with E-state index < -0.39 is 4.92 Å². The number of nitro groups is 1. The van der Waals surface area contributed by atoms with Gasteiger partial charge in [-0.15, -0.1) is 0 Å². The standard InChI is InChI=1S/C15H13N3O3/c1-11-7-8-16-10-14(11)17-15(19)6-5-12-3-2-4-13(9-12)18(20)21/h2-10H,1H3,(H,17,19)/b6-5-. The Bertz CT molecular complexity index is 711. The second kappa shape index (κ2) is 6.42. The highest BCUT2D eigenvalue weighted by atomic mass is 16.6. The molecule has 106 valence electrons. The van der Waals surface area contributed by atoms with Crippen molar-refractivity contribution in [1.82, 2.24) is 4.98 Å². The molecule has 1 aromatic heterocycles. The van der Waals surface area contributed by atoms with Crippen LogP contribution < -0.4 is 5.32 Å². The predicted octanol–water partition coefficient (Wildman–Crippen LogP) is 2.95. The van der Waals surface area contributed by atoms with Gasteiger partial charge in [0.05, 0.1) is 16.8 Å². The summed E-state index contributed by atoms with van der Waals surface area (Å²) in [5.74, 6) is -0.322. The molecule has 2 rings (SSSR count). The first-order chi connectivity index (χ1) is 10.1. The van der Waals surface area contributed by atoms with Crippen molar-refractivity contribution in [2.45, 2.75) is 6.92 Å². The molecule has 1 aromatic carbocycles. The van der Waals surface area contributed by atoms with E-state index in [2.05, 4.69) is 10.3 Å². The van der Waals surface area contributed by atoms with Crippen LogP contribution in [0.3, 0.4) is 0 Å². The maximum Gasteiger partial charge on any atom is 0.270 e. The van der Waals surface area contributed by atoms with Crippen molar-refractivity contribution >= 4 is 23.4 Å². The first-order valence-corrected chi connectivity index (χ1v) is 6.20. The highest BCUT2D eigenvalue weighted by Gasteiger charge is 2.04. The van der Waals surface area contributed by atoms with Crippen LogP contribution in [0.4, 0.5) is 11.4 Å². The van der Waals surface area contributed by atoms with Crippen LogP contribution >= 0.6 is 0 Å². The van der Waals surface area contributed by atoms with Gasteiger partial charge in [0, 0.05) is 24.4 Å². The van der Waals surface area contributed by atoms with Crippen molar-refractivity contribution in [1.29, 1.82) is 0 Å². The molecule has 0 aliphatic carbocycles. The van der Waals surface area contributed by atoms with E-state index in [-0.39, 0.29) is 11.6 Å². The topological polar surface area (TPSA) is 85.1 Å². The lowest BCUT2D eigenvalue weighted by Gasteiger charge is -2.04. The van der Waals surface area contributed by atoms with E-state index in [0.29, 0.717) is 11.3 Å². The minimum atomic E-state index is -0.476. The summed E-state index contributed by atoms with van der Waals surface area (Å²) in [6.45, 7) is 1.86. The van der Waals surface area contributed by atoms with Crippen LogP contribution in [0, 0.1) is 17.0 Å². The summed E-state index contributed by atoms with van der Waals surface area (Å²) in [5, 5.41) is 13.4. The van der Waals surface area contributed by atoms with Gasteiger partial charge in [-0.25, -0.2) is 0 Å². The summed E-state index contributed by atoms with van der Waals surface area (Å²) < 4.78 is 0. The molecule has 6 nitrogen and oxygen atoms in total. The van der Waals surface area contributed by atoms with Crippen molar-refractivity contribution in [2.75, 3.05) is 5.32 Å². The van der Waals surface area contributed by atoms with E-state index in [4.69, 9.17) is 0 Å². The van der Waals surface area contributed by atoms with E-state index in [0.717, 1.165) is 5.56 Å². The molecule has 0 spiro atoms. The Morgan fingerprint density at radius 1 is 1.38 bits per heavy atom. The molecule has 0 unspecified atom stereocenters. The number of amides is 1. The fourth-order valence-corrected chi connectivity index (χ4v) is 1.68. The number of non-ortho nitro benzene ring substituents is 1. The fraction of sp³-hybridized carbons (Fsp3) is 0.0667. The van der Waals surface area contributed by atoms with Gasteiger partial charge >= 0.3 is 0 Å². The molecular weight excluding hydrogens is 270 g/mol. The van der Waals surface area contributed by atoms with Gasteiger partial charge in [0.2, 0.25) is 5.91 Å². The molecule has 6 heteroatoms. The average molecular weight is 283 g/mol. The zero-order valence-corrected chi connectivity index (χ0v) is 11.3. The van der Waals surface area contributed by atoms with Crippen LogP contribution in [0.15, 0.2) is 48.8 Å². The van der Waals surface area contributed by atoms with Gasteiger partial charge < -0.3 is 5.32 Å². The lowest BCUT2D eigenvalue weighted by atomic mass is 10.2. The Morgan fingerprint density at radius 2 is 2.19 bits per heavy atom. The molecule has 1 amide bonds. The summed E-state index contributed by atoms with van der Waals surface area (Å²) in [6, 6.07) is 7.85. The summed E-state index contributed by atoms with van der Waals surface area (Å²) in [7, 11) is 0. The van der Waals surface area contributed by atoms with Crippen molar-refractivity contribution in [3.05, 3.63) is 70.0 Å². The van der Waals surface area contributed by atoms with Crippen molar-refractivity contribution in [2.24, 2.45) is 0 Å². The molecule has 0 radical (unpaired) electrons. The number of nitro benzene ring substituents is 1. The Balaban J connectivity index is 2.07. The number of nitrogens with one attached hydrogen (secondary N) is 1. The molecule has 2 aromatic rings. The first-order valence-electron chi connectivity index (χ1n) is 6.20. The average Bonchev–Trinajstić information content (AvgIpc) is 2.48. The number of hydrogen-bond donors (Lipinski definition) is 1. The molecule has 21 heavy (non-hydrogen) atoms. The minimum Gasteiger partial charge on any atom is -0.321 e. The summed E-state index contributed by atoms with van der Waals surface area (Å²) >= 11 is 0. The van der Waals surface area contributed by atoms with E-state index in [9.17, 15) is 14.9 Å². The van der Waals surface area contributed by atoms with Crippen molar-refractivity contribution < 1.29 is 9.72 Å². The van der Waals surface area contributed by atoms with Gasteiger partial charge in [0.25, 0.3) is 5.69 Å². The third-order valence-electron chi connectivity index (χ3n) is 2.81. The van der Waals surface area contributed by atoms with Crippen molar-refractivity contribution in [3.8, 4) is 0 Å². The second-order valence-corrected chi connectivity index (χ2v) is 4.37. The highest BCUT2D eigenvalue weighted by molar-refractivity contribution is 6.02. The Labute approximate surface area is 121 Å². The number of carbonyl (C=O) groups is 1. The maximum atomic E-state index is 11.8. The number of nitrogens with zero attached hydrogens (tertiary/aromatic N) is 2. The van der Waals surface area contributed by atoms with E-state index in [1.165, 1.54) is 24.3 Å². The molecule has 0 atom stereocenters. The zero-order valence-electron chi connectivity index (χ0n) is 11.3. The lowest BCUT2D eigenvalue weighted by Crippen LogP contribution is -2.09. The number of aromatic nitrogens is 1. The van der Waals surface area contributed by atoms with Crippen LogP contribution in [-0.2, 0) is 4.79 Å². The summed E-state index contributed by atoms with van der Waals surface area (Å²) in [4.78, 5) is 25.9. The third kappa shape index (κ3) is 3.97. The molecular formula is C15H13N3O3. The monoisotopic (exact) mass is 283 g/mol. The molecule has 1 heterocycles. The minimum absolute atomic E-state index is 0.0133. The van der Waals surface area contributed by atoms with Gasteiger partial charge in [0.15, 0.2) is 0 Å². The molecule has 0 fully saturated rings. The van der Waals surface area contributed by atoms with Gasteiger partial charge in [-0.1, -0.05) is 12.1 Å². The number of benzene rings is 1. The highest BCUT2D eigenvalue weighted by Crippen LogP contribution is 2.15. The smallest absolute Gasteiger partial charge is 0.270 e. The SMILES string of the molecule is Cc1ccncc1NC(=O)/C=C\c1cccc([N+](=O)[O-])c1. The zero-order chi connectivity index (χ0) is 15.2. The number of aryl methyl sites for hydroxylation is 1. The predicted molar refractivity (Wildman–Crippen MR) is 79.7 cm³/mol. The number of anilines is 1. The van der Waals surface area contributed by atoms with Crippen molar-refractivity contribution in [3.63, 3.8) is 0 Å². The van der Waals surface area contributed by atoms with Crippen LogP contribution in [0.25, 0.3) is 6.08 Å². The summed E-state index contributed by atoms with van der Waals surface area (Å²) in [5.41, 5.74) is 2.11. The lowest BCUT2D eigenvalue weighted by molar-refractivity contribution is -0.384. The van der Waals surface area contributed by atoms with Gasteiger partial charge in [0.1, 0.15) is 0 Å². The first kappa shape index (κ1) is 14.4. The Hall–Kier alpha value is -3.02. The van der Waals surface area contributed by atoms with E-state index >= 15 is 0 Å². The largest absolute Gasteiger partial charge is 0.321 e. The molecule has 0 aliphatic heterocycles. The van der Waals surface area contributed by atoms with E-state index in [1.54, 1.807) is 30.6 Å². The van der Waals surface area contributed by atoms with Crippen LogP contribution in [0.1, 0.15) is 11.1 Å². The Kier molecular flexibility index (Phi) is 4.40. The van der Waals surface area contributed by atoms with Gasteiger partial charge in [-0.3, -0.25) is 19.9 Å². The molecule has 0 aliphatic rings. The van der Waals surface area contributed by atoms with Crippen LogP contribution in [0.5, 0.6) is 0 Å². The van der Waals surface area contributed by atoms with Gasteiger partial charge in [-0.05, 0) is 30.2 Å². The fourth-order valence-electron chi connectivity index (χ4n) is 1.68. The molecule has 0 saturated heterocycles. The number of rotatable bonds is 4. The number of pyridine rings is 1. The number of hydrogen-bond acceptors (Lipinski definition) is 4. The van der Waals surface area contributed by atoms with Crippen LogP contribution in [0.2, 0.25) is 0 Å². The van der Waals surface area contributed by atoms with E-state index in [1.807, 2.05) is 6.92 Å². The maximum absolute atomic E-state index is 11.8. The van der Waals surface area contributed by atoms with Gasteiger partial charge in [-0.2, -0.15) is 0 Å². The normalized spacial score (nSPS) is 10.5. The number of carbonyl (C=O) groups excluding carboxylic acids is 1. The molecule has 0 bridgehead atoms. The Morgan fingerprint density at radius 3 is 2.90 bits per heavy atom. The summed E-state index contributed by atoms with van der Waals surface area (Å²) in [6.07, 6.45) is 6.05. The van der Waals surface area contributed by atoms with Crippen LogP contribution in [-0.4, -0.2) is 15.8 Å². The molecule has 0 saturated carbocycles.